The zero-order valence-electron chi connectivity index (χ0n) is 10.0. The number of aryl methyl sites for hydroxylation is 1. The number of nitrogens with two attached hydrogens (primary N) is 1. The molecule has 6 heteroatoms. The van der Waals surface area contributed by atoms with E-state index >= 15 is 0 Å². The molecule has 0 saturated carbocycles. The zero-order valence-corrected chi connectivity index (χ0v) is 10.0. The molecule has 1 amide bonds. The van der Waals surface area contributed by atoms with Gasteiger partial charge in [-0.3, -0.25) is 9.59 Å². The van der Waals surface area contributed by atoms with E-state index in [1.807, 2.05) is 6.92 Å². The molecule has 0 spiro atoms. The van der Waals surface area contributed by atoms with Crippen LogP contribution in [0, 0.1) is 0 Å². The van der Waals surface area contributed by atoms with Gasteiger partial charge in [0.05, 0.1) is 12.8 Å². The SMILES string of the molecule is CCCn1cc(N)cc1C(=O)NCC(=O)OC. The molecule has 6 nitrogen and oxygen atoms in total. The highest BCUT2D eigenvalue weighted by molar-refractivity contribution is 5.95. The normalized spacial score (nSPS) is 10.0. The Labute approximate surface area is 99.7 Å². The van der Waals surface area contributed by atoms with Crippen LogP contribution in [-0.2, 0) is 16.1 Å². The molecule has 1 heterocycles. The molecule has 3 N–H and O–H groups in total. The van der Waals surface area contributed by atoms with E-state index in [-0.39, 0.29) is 12.5 Å². The van der Waals surface area contributed by atoms with Gasteiger partial charge in [-0.2, -0.15) is 0 Å². The average Bonchev–Trinajstić information content (AvgIpc) is 2.67. The van der Waals surface area contributed by atoms with Crippen molar-refractivity contribution in [1.82, 2.24) is 9.88 Å². The topological polar surface area (TPSA) is 86.4 Å². The van der Waals surface area contributed by atoms with Gasteiger partial charge in [0.15, 0.2) is 0 Å². The van der Waals surface area contributed by atoms with Crippen molar-refractivity contribution >= 4 is 17.6 Å². The smallest absolute Gasteiger partial charge is 0.325 e. The quantitative estimate of drug-likeness (QED) is 0.727. The van der Waals surface area contributed by atoms with Crippen molar-refractivity contribution < 1.29 is 14.3 Å². The Hall–Kier alpha value is -1.98. The number of methoxy groups -OCH3 is 1. The summed E-state index contributed by atoms with van der Waals surface area (Å²) in [6.45, 7) is 2.57. The van der Waals surface area contributed by atoms with Crippen LogP contribution in [0.5, 0.6) is 0 Å². The van der Waals surface area contributed by atoms with Crippen molar-refractivity contribution in [3.8, 4) is 0 Å². The molecule has 0 radical (unpaired) electrons. The third-order valence-corrected chi connectivity index (χ3v) is 2.24. The molecule has 1 aromatic heterocycles. The molecule has 0 aliphatic heterocycles. The minimum absolute atomic E-state index is 0.146. The van der Waals surface area contributed by atoms with Crippen molar-refractivity contribution in [3.63, 3.8) is 0 Å². The molecule has 0 saturated heterocycles. The summed E-state index contributed by atoms with van der Waals surface area (Å²) in [5.41, 5.74) is 6.62. The highest BCUT2D eigenvalue weighted by Crippen LogP contribution is 2.11. The number of nitrogens with one attached hydrogen (secondary N) is 1. The number of esters is 1. The molecule has 0 unspecified atom stereocenters. The van der Waals surface area contributed by atoms with Crippen LogP contribution >= 0.6 is 0 Å². The summed E-state index contributed by atoms with van der Waals surface area (Å²) in [6.07, 6.45) is 2.60. The van der Waals surface area contributed by atoms with Crippen LogP contribution in [0.25, 0.3) is 0 Å². The van der Waals surface area contributed by atoms with Crippen LogP contribution < -0.4 is 11.1 Å². The second-order valence-electron chi connectivity index (χ2n) is 3.61. The average molecular weight is 239 g/mol. The van der Waals surface area contributed by atoms with Gasteiger partial charge in [-0.25, -0.2) is 0 Å². The lowest BCUT2D eigenvalue weighted by molar-refractivity contribution is -0.139. The van der Waals surface area contributed by atoms with Crippen LogP contribution in [0.2, 0.25) is 0 Å². The maximum Gasteiger partial charge on any atom is 0.325 e. The van der Waals surface area contributed by atoms with Gasteiger partial charge in [0.1, 0.15) is 12.2 Å². The van der Waals surface area contributed by atoms with Crippen molar-refractivity contribution in [2.24, 2.45) is 0 Å². The fourth-order valence-corrected chi connectivity index (χ4v) is 1.46. The van der Waals surface area contributed by atoms with Gasteiger partial charge in [-0.05, 0) is 12.5 Å². The van der Waals surface area contributed by atoms with Gasteiger partial charge < -0.3 is 20.4 Å². The van der Waals surface area contributed by atoms with Crippen molar-refractivity contribution in [2.75, 3.05) is 19.4 Å². The van der Waals surface area contributed by atoms with E-state index in [9.17, 15) is 9.59 Å². The number of carbonyl (C=O) groups is 2. The summed E-state index contributed by atoms with van der Waals surface area (Å²) in [7, 11) is 1.27. The molecule has 0 atom stereocenters. The first-order valence-electron chi connectivity index (χ1n) is 5.39. The van der Waals surface area contributed by atoms with Crippen molar-refractivity contribution in [1.29, 1.82) is 0 Å². The largest absolute Gasteiger partial charge is 0.468 e. The minimum atomic E-state index is -0.486. The van der Waals surface area contributed by atoms with Gasteiger partial charge in [-0.15, -0.1) is 0 Å². The predicted octanol–water partition coefficient (Wildman–Crippen LogP) is 0.383. The number of aromatic nitrogens is 1. The lowest BCUT2D eigenvalue weighted by Crippen LogP contribution is -2.31. The van der Waals surface area contributed by atoms with E-state index < -0.39 is 5.97 Å². The standard InChI is InChI=1S/C11H17N3O3/c1-3-4-14-7-8(12)5-9(14)11(16)13-6-10(15)17-2/h5,7H,3-4,6,12H2,1-2H3,(H,13,16). The van der Waals surface area contributed by atoms with Crippen molar-refractivity contribution in [2.45, 2.75) is 19.9 Å². The van der Waals surface area contributed by atoms with Crippen LogP contribution in [0.1, 0.15) is 23.8 Å². The highest BCUT2D eigenvalue weighted by Gasteiger charge is 2.13. The predicted molar refractivity (Wildman–Crippen MR) is 63.5 cm³/mol. The zero-order chi connectivity index (χ0) is 12.8. The molecule has 1 rings (SSSR count). The Bertz CT molecular complexity index is 412. The number of nitrogens with zero attached hydrogens (tertiary/aromatic N) is 1. The lowest BCUT2D eigenvalue weighted by atomic mass is 10.3. The summed E-state index contributed by atoms with van der Waals surface area (Å²) >= 11 is 0. The van der Waals surface area contributed by atoms with E-state index in [1.54, 1.807) is 16.8 Å². The molecule has 0 aromatic carbocycles. The molecule has 17 heavy (non-hydrogen) atoms. The van der Waals surface area contributed by atoms with Gasteiger partial charge >= 0.3 is 5.97 Å². The van der Waals surface area contributed by atoms with E-state index in [4.69, 9.17) is 5.73 Å². The highest BCUT2D eigenvalue weighted by atomic mass is 16.5. The molecule has 0 fully saturated rings. The van der Waals surface area contributed by atoms with Gasteiger partial charge in [0, 0.05) is 12.7 Å². The molecular formula is C11H17N3O3. The third-order valence-electron chi connectivity index (χ3n) is 2.24. The van der Waals surface area contributed by atoms with Gasteiger partial charge in [0.2, 0.25) is 0 Å². The first kappa shape index (κ1) is 13.1. The molecular weight excluding hydrogens is 222 g/mol. The Morgan fingerprint density at radius 1 is 1.53 bits per heavy atom. The maximum absolute atomic E-state index is 11.8. The molecule has 0 bridgehead atoms. The van der Waals surface area contributed by atoms with E-state index in [2.05, 4.69) is 10.1 Å². The van der Waals surface area contributed by atoms with E-state index in [0.717, 1.165) is 6.42 Å². The first-order chi connectivity index (χ1) is 8.08. The molecule has 1 aromatic rings. The summed E-state index contributed by atoms with van der Waals surface area (Å²) in [4.78, 5) is 22.7. The Balaban J connectivity index is 2.70. The van der Waals surface area contributed by atoms with Crippen molar-refractivity contribution in [3.05, 3.63) is 18.0 Å². The third kappa shape index (κ3) is 3.51. The van der Waals surface area contributed by atoms with E-state index in [1.165, 1.54) is 7.11 Å². The number of hydrogen-bond donors (Lipinski definition) is 2. The molecule has 94 valence electrons. The van der Waals surface area contributed by atoms with Crippen LogP contribution in [0.15, 0.2) is 12.3 Å². The fourth-order valence-electron chi connectivity index (χ4n) is 1.46. The van der Waals surface area contributed by atoms with Crippen LogP contribution in [0.4, 0.5) is 5.69 Å². The monoisotopic (exact) mass is 239 g/mol. The number of rotatable bonds is 5. The van der Waals surface area contributed by atoms with Gasteiger partial charge in [0.25, 0.3) is 5.91 Å². The van der Waals surface area contributed by atoms with Gasteiger partial charge in [-0.1, -0.05) is 6.92 Å². The Kier molecular flexibility index (Phi) is 4.56. The second kappa shape index (κ2) is 5.93. The Morgan fingerprint density at radius 2 is 2.24 bits per heavy atom. The summed E-state index contributed by atoms with van der Waals surface area (Å²) in [5.74, 6) is -0.819. The number of nitrogen functional groups attached to an aromatic ring is 1. The minimum Gasteiger partial charge on any atom is -0.468 e. The molecule has 0 aliphatic carbocycles. The van der Waals surface area contributed by atoms with Crippen LogP contribution in [0.3, 0.4) is 0 Å². The number of carbonyl (C=O) groups excluding carboxylic acids is 2. The summed E-state index contributed by atoms with van der Waals surface area (Å²) in [6, 6.07) is 1.59. The number of amides is 1. The first-order valence-corrected chi connectivity index (χ1v) is 5.39. The van der Waals surface area contributed by atoms with E-state index in [0.29, 0.717) is 17.9 Å². The number of anilines is 1. The Morgan fingerprint density at radius 3 is 2.82 bits per heavy atom. The number of ether oxygens (including phenoxy) is 1. The second-order valence-corrected chi connectivity index (χ2v) is 3.61. The molecule has 0 aliphatic rings. The fraction of sp³-hybridized carbons (Fsp3) is 0.455. The summed E-state index contributed by atoms with van der Waals surface area (Å²) in [5, 5.41) is 2.47. The lowest BCUT2D eigenvalue weighted by Gasteiger charge is -2.07. The maximum atomic E-state index is 11.8. The summed E-state index contributed by atoms with van der Waals surface area (Å²) < 4.78 is 6.20. The number of hydrogen-bond acceptors (Lipinski definition) is 4. The van der Waals surface area contributed by atoms with Crippen LogP contribution in [-0.4, -0.2) is 30.1 Å².